The monoisotopic (exact) mass is 383 g/mol. The molecule has 1 heterocycles. The molecular formula is C21H19ClFN3O. The minimum Gasteiger partial charge on any atom is -0.391 e. The number of aromatic nitrogens is 2. The molecule has 1 aliphatic rings. The summed E-state index contributed by atoms with van der Waals surface area (Å²) in [5.41, 5.74) is 3.27. The third kappa shape index (κ3) is 4.03. The van der Waals surface area contributed by atoms with Crippen molar-refractivity contribution < 1.29 is 9.23 Å². The molecule has 6 heteroatoms. The Labute approximate surface area is 162 Å². The SMILES string of the molecule is Fc1cccc2c1CCC(Cn1ccnc1)/C2=N/OCc1cccc(Cl)c1. The Bertz CT molecular complexity index is 956. The summed E-state index contributed by atoms with van der Waals surface area (Å²) < 4.78 is 16.3. The number of fused-ring (bicyclic) bond motifs is 1. The molecule has 4 nitrogen and oxygen atoms in total. The molecule has 0 amide bonds. The van der Waals surface area contributed by atoms with Crippen molar-refractivity contribution in [3.63, 3.8) is 0 Å². The Morgan fingerprint density at radius 3 is 2.96 bits per heavy atom. The van der Waals surface area contributed by atoms with Gasteiger partial charge in [0.05, 0.1) is 12.0 Å². The third-order valence-corrected chi connectivity index (χ3v) is 5.03. The van der Waals surface area contributed by atoms with Crippen LogP contribution in [0.5, 0.6) is 0 Å². The summed E-state index contributed by atoms with van der Waals surface area (Å²) in [6.07, 6.45) is 6.96. The Hall–Kier alpha value is -2.66. The van der Waals surface area contributed by atoms with Gasteiger partial charge in [0.15, 0.2) is 0 Å². The highest BCUT2D eigenvalue weighted by atomic mass is 35.5. The summed E-state index contributed by atoms with van der Waals surface area (Å²) in [7, 11) is 0. The van der Waals surface area contributed by atoms with Gasteiger partial charge in [0, 0.05) is 35.4 Å². The van der Waals surface area contributed by atoms with Crippen molar-refractivity contribution in [2.75, 3.05) is 0 Å². The van der Waals surface area contributed by atoms with Crippen LogP contribution >= 0.6 is 11.6 Å². The minimum atomic E-state index is -0.184. The van der Waals surface area contributed by atoms with E-state index in [1.807, 2.05) is 41.1 Å². The number of imidazole rings is 1. The maximum absolute atomic E-state index is 14.3. The molecule has 0 spiro atoms. The molecule has 1 aliphatic carbocycles. The van der Waals surface area contributed by atoms with E-state index in [0.29, 0.717) is 23.6 Å². The largest absolute Gasteiger partial charge is 0.391 e. The van der Waals surface area contributed by atoms with Crippen molar-refractivity contribution in [1.29, 1.82) is 0 Å². The van der Waals surface area contributed by atoms with Crippen molar-refractivity contribution in [2.45, 2.75) is 26.0 Å². The fourth-order valence-electron chi connectivity index (χ4n) is 3.48. The standard InChI is InChI=1S/C21H19ClFN3O/c22-17-4-1-3-15(11-17)13-27-25-21-16(12-26-10-9-24-14-26)7-8-18-19(21)5-2-6-20(18)23/h1-6,9-11,14,16H,7-8,12-13H2/b25-21-. The molecule has 3 aromatic rings. The lowest BCUT2D eigenvalue weighted by molar-refractivity contribution is 0.128. The molecule has 0 N–H and O–H groups in total. The van der Waals surface area contributed by atoms with Gasteiger partial charge in [-0.15, -0.1) is 0 Å². The molecule has 1 atom stereocenters. The lowest BCUT2D eigenvalue weighted by Crippen LogP contribution is -2.28. The number of benzene rings is 2. The molecule has 0 fully saturated rings. The van der Waals surface area contributed by atoms with Crippen LogP contribution in [-0.2, 0) is 24.4 Å². The first-order valence-electron chi connectivity index (χ1n) is 8.88. The highest BCUT2D eigenvalue weighted by molar-refractivity contribution is 6.30. The highest BCUT2D eigenvalue weighted by Gasteiger charge is 2.28. The van der Waals surface area contributed by atoms with Gasteiger partial charge in [-0.25, -0.2) is 9.37 Å². The summed E-state index contributed by atoms with van der Waals surface area (Å²) in [4.78, 5) is 9.74. The van der Waals surface area contributed by atoms with Gasteiger partial charge in [-0.2, -0.15) is 0 Å². The van der Waals surface area contributed by atoms with Crippen LogP contribution in [0.2, 0.25) is 5.02 Å². The molecule has 0 saturated carbocycles. The molecule has 27 heavy (non-hydrogen) atoms. The van der Waals surface area contributed by atoms with Crippen LogP contribution in [0.3, 0.4) is 0 Å². The molecule has 0 aliphatic heterocycles. The quantitative estimate of drug-likeness (QED) is 0.590. The number of hydrogen-bond donors (Lipinski definition) is 0. The van der Waals surface area contributed by atoms with E-state index in [4.69, 9.17) is 16.4 Å². The molecule has 0 bridgehead atoms. The van der Waals surface area contributed by atoms with E-state index in [1.165, 1.54) is 6.07 Å². The first kappa shape index (κ1) is 17.7. The van der Waals surface area contributed by atoms with E-state index >= 15 is 0 Å². The highest BCUT2D eigenvalue weighted by Crippen LogP contribution is 2.29. The number of nitrogens with zero attached hydrogens (tertiary/aromatic N) is 3. The molecule has 0 saturated heterocycles. The predicted molar refractivity (Wildman–Crippen MR) is 103 cm³/mol. The van der Waals surface area contributed by atoms with Crippen LogP contribution < -0.4 is 0 Å². The number of rotatable bonds is 5. The average molecular weight is 384 g/mol. The van der Waals surface area contributed by atoms with Crippen LogP contribution in [0, 0.1) is 11.7 Å². The van der Waals surface area contributed by atoms with Gasteiger partial charge < -0.3 is 9.40 Å². The summed E-state index contributed by atoms with van der Waals surface area (Å²) >= 11 is 6.02. The van der Waals surface area contributed by atoms with Crippen LogP contribution in [-0.4, -0.2) is 15.3 Å². The predicted octanol–water partition coefficient (Wildman–Crippen LogP) is 4.86. The van der Waals surface area contributed by atoms with Crippen LogP contribution in [0.4, 0.5) is 4.39 Å². The number of oxime groups is 1. The molecule has 2 aromatic carbocycles. The Balaban J connectivity index is 1.60. The van der Waals surface area contributed by atoms with Gasteiger partial charge in [0.2, 0.25) is 0 Å². The lowest BCUT2D eigenvalue weighted by Gasteiger charge is -2.26. The van der Waals surface area contributed by atoms with E-state index in [9.17, 15) is 4.39 Å². The average Bonchev–Trinajstić information content (AvgIpc) is 3.17. The summed E-state index contributed by atoms with van der Waals surface area (Å²) in [6, 6.07) is 12.6. The lowest BCUT2D eigenvalue weighted by atomic mass is 9.82. The van der Waals surface area contributed by atoms with Crippen LogP contribution in [0.1, 0.15) is 23.1 Å². The van der Waals surface area contributed by atoms with E-state index < -0.39 is 0 Å². The second-order valence-corrected chi connectivity index (χ2v) is 7.08. The molecule has 4 rings (SSSR count). The summed E-state index contributed by atoms with van der Waals surface area (Å²) in [6.45, 7) is 1.04. The maximum Gasteiger partial charge on any atom is 0.142 e. The van der Waals surface area contributed by atoms with Gasteiger partial charge >= 0.3 is 0 Å². The number of hydrogen-bond acceptors (Lipinski definition) is 3. The Morgan fingerprint density at radius 1 is 1.26 bits per heavy atom. The zero-order chi connectivity index (χ0) is 18.6. The first-order chi connectivity index (χ1) is 13.2. The van der Waals surface area contributed by atoms with Crippen molar-refractivity contribution in [2.24, 2.45) is 11.1 Å². The summed E-state index contributed by atoms with van der Waals surface area (Å²) in [5, 5.41) is 5.08. The van der Waals surface area contributed by atoms with Crippen molar-refractivity contribution in [3.8, 4) is 0 Å². The van der Waals surface area contributed by atoms with E-state index in [2.05, 4.69) is 10.1 Å². The van der Waals surface area contributed by atoms with Crippen LogP contribution in [0.25, 0.3) is 0 Å². The smallest absolute Gasteiger partial charge is 0.142 e. The molecular weight excluding hydrogens is 365 g/mol. The zero-order valence-electron chi connectivity index (χ0n) is 14.7. The normalized spacial score (nSPS) is 17.7. The van der Waals surface area contributed by atoms with Gasteiger partial charge in [0.1, 0.15) is 12.4 Å². The second-order valence-electron chi connectivity index (χ2n) is 6.64. The molecule has 1 aromatic heterocycles. The fourth-order valence-corrected chi connectivity index (χ4v) is 3.69. The molecule has 0 radical (unpaired) electrons. The van der Waals surface area contributed by atoms with Crippen molar-refractivity contribution in [3.05, 3.63) is 88.7 Å². The second kappa shape index (κ2) is 7.92. The van der Waals surface area contributed by atoms with Crippen molar-refractivity contribution >= 4 is 17.3 Å². The van der Waals surface area contributed by atoms with Gasteiger partial charge in [-0.1, -0.05) is 41.0 Å². The van der Waals surface area contributed by atoms with E-state index in [-0.39, 0.29) is 11.7 Å². The maximum atomic E-state index is 14.3. The van der Waals surface area contributed by atoms with Crippen molar-refractivity contribution in [1.82, 2.24) is 9.55 Å². The first-order valence-corrected chi connectivity index (χ1v) is 9.26. The number of halogens is 2. The minimum absolute atomic E-state index is 0.132. The van der Waals surface area contributed by atoms with E-state index in [1.54, 1.807) is 18.6 Å². The molecule has 138 valence electrons. The van der Waals surface area contributed by atoms with Gasteiger partial charge in [-0.3, -0.25) is 0 Å². The Kier molecular flexibility index (Phi) is 5.21. The summed E-state index contributed by atoms with van der Waals surface area (Å²) in [5.74, 6) is -0.0519. The van der Waals surface area contributed by atoms with Gasteiger partial charge in [-0.05, 0) is 42.2 Å². The van der Waals surface area contributed by atoms with Gasteiger partial charge in [0.25, 0.3) is 0 Å². The fraction of sp³-hybridized carbons (Fsp3) is 0.238. The zero-order valence-corrected chi connectivity index (χ0v) is 15.4. The Morgan fingerprint density at radius 2 is 2.15 bits per heavy atom. The van der Waals surface area contributed by atoms with Crippen LogP contribution in [0.15, 0.2) is 66.3 Å². The molecule has 1 unspecified atom stereocenters. The topological polar surface area (TPSA) is 39.4 Å². The van der Waals surface area contributed by atoms with E-state index in [0.717, 1.165) is 29.8 Å². The third-order valence-electron chi connectivity index (χ3n) is 4.80.